The molecule has 0 unspecified atom stereocenters. The lowest BCUT2D eigenvalue weighted by Crippen LogP contribution is -2.21. The van der Waals surface area contributed by atoms with Crippen molar-refractivity contribution >= 4 is 0 Å². The van der Waals surface area contributed by atoms with Gasteiger partial charge in [0.15, 0.2) is 0 Å². The Bertz CT molecular complexity index is 484. The highest BCUT2D eigenvalue weighted by Gasteiger charge is 2.20. The van der Waals surface area contributed by atoms with Gasteiger partial charge in [0.1, 0.15) is 5.82 Å². The molecule has 104 valence electrons. The van der Waals surface area contributed by atoms with Gasteiger partial charge in [0.05, 0.1) is 5.69 Å². The number of fused-ring (bicyclic) bond motifs is 1. The van der Waals surface area contributed by atoms with Crippen LogP contribution in [0.25, 0.3) is 0 Å². The summed E-state index contributed by atoms with van der Waals surface area (Å²) in [6.07, 6.45) is 13.1. The van der Waals surface area contributed by atoms with Gasteiger partial charge in [-0.2, -0.15) is 0 Å². The summed E-state index contributed by atoms with van der Waals surface area (Å²) in [7, 11) is 0. The Kier molecular flexibility index (Phi) is 4.00. The molecule has 1 saturated carbocycles. The Balaban J connectivity index is 1.92. The van der Waals surface area contributed by atoms with E-state index in [1.807, 2.05) is 0 Å². The van der Waals surface area contributed by atoms with Crippen LogP contribution in [0.4, 0.5) is 0 Å². The van der Waals surface area contributed by atoms with Crippen LogP contribution >= 0.6 is 0 Å². The van der Waals surface area contributed by atoms with Crippen molar-refractivity contribution in [3.05, 3.63) is 27.4 Å². The number of aromatic amines is 1. The van der Waals surface area contributed by atoms with Crippen LogP contribution in [-0.4, -0.2) is 9.97 Å². The average molecular weight is 260 g/mol. The van der Waals surface area contributed by atoms with Gasteiger partial charge < -0.3 is 4.98 Å². The van der Waals surface area contributed by atoms with E-state index < -0.39 is 0 Å². The van der Waals surface area contributed by atoms with E-state index in [9.17, 15) is 4.79 Å². The molecule has 2 aliphatic rings. The largest absolute Gasteiger partial charge is 0.310 e. The highest BCUT2D eigenvalue weighted by atomic mass is 16.1. The van der Waals surface area contributed by atoms with Crippen molar-refractivity contribution in [3.63, 3.8) is 0 Å². The van der Waals surface area contributed by atoms with Crippen LogP contribution in [0.15, 0.2) is 4.79 Å². The third-order valence-corrected chi connectivity index (χ3v) is 4.70. The molecule has 0 atom stereocenters. The van der Waals surface area contributed by atoms with Crippen molar-refractivity contribution in [2.45, 2.75) is 76.5 Å². The number of hydrogen-bond donors (Lipinski definition) is 1. The first-order valence-corrected chi connectivity index (χ1v) is 7.96. The lowest BCUT2D eigenvalue weighted by molar-refractivity contribution is 0.553. The number of aryl methyl sites for hydroxylation is 1. The fourth-order valence-corrected chi connectivity index (χ4v) is 3.55. The quantitative estimate of drug-likeness (QED) is 0.620. The van der Waals surface area contributed by atoms with Crippen molar-refractivity contribution in [1.82, 2.24) is 9.97 Å². The number of H-pyrrole nitrogens is 1. The highest BCUT2D eigenvalue weighted by Crippen LogP contribution is 2.29. The van der Waals surface area contributed by atoms with Gasteiger partial charge in [0, 0.05) is 11.5 Å². The van der Waals surface area contributed by atoms with Gasteiger partial charge in [-0.3, -0.25) is 4.79 Å². The molecule has 0 aliphatic heterocycles. The molecule has 0 aromatic carbocycles. The average Bonchev–Trinajstić information content (AvgIpc) is 2.81. The zero-order valence-corrected chi connectivity index (χ0v) is 11.7. The summed E-state index contributed by atoms with van der Waals surface area (Å²) >= 11 is 0. The summed E-state index contributed by atoms with van der Waals surface area (Å²) in [5, 5.41) is 0. The first-order chi connectivity index (χ1) is 9.34. The standard InChI is InChI=1S/C16H24N2O/c19-16-13-10-6-3-7-11-14(13)17-15(18-16)12-8-4-1-2-5-9-12/h12H,1-11H2,(H,17,18,19). The van der Waals surface area contributed by atoms with Crippen molar-refractivity contribution in [1.29, 1.82) is 0 Å². The number of hydrogen-bond acceptors (Lipinski definition) is 2. The Labute approximate surface area is 114 Å². The first-order valence-electron chi connectivity index (χ1n) is 7.96. The van der Waals surface area contributed by atoms with Gasteiger partial charge in [-0.25, -0.2) is 4.98 Å². The van der Waals surface area contributed by atoms with E-state index in [-0.39, 0.29) is 5.56 Å². The molecule has 1 N–H and O–H groups in total. The fraction of sp³-hybridized carbons (Fsp3) is 0.750. The second-order valence-corrected chi connectivity index (χ2v) is 6.13. The van der Waals surface area contributed by atoms with E-state index in [0.29, 0.717) is 5.92 Å². The van der Waals surface area contributed by atoms with Gasteiger partial charge in [-0.1, -0.05) is 32.1 Å². The molecule has 19 heavy (non-hydrogen) atoms. The second-order valence-electron chi connectivity index (χ2n) is 6.13. The molecule has 0 spiro atoms. The van der Waals surface area contributed by atoms with Crippen LogP contribution in [0.3, 0.4) is 0 Å². The lowest BCUT2D eigenvalue weighted by atomic mass is 9.99. The topological polar surface area (TPSA) is 45.8 Å². The normalized spacial score (nSPS) is 21.5. The van der Waals surface area contributed by atoms with Gasteiger partial charge in [0.2, 0.25) is 0 Å². The summed E-state index contributed by atoms with van der Waals surface area (Å²) < 4.78 is 0. The maximum Gasteiger partial charge on any atom is 0.254 e. The number of aromatic nitrogens is 2. The molecule has 1 heterocycles. The highest BCUT2D eigenvalue weighted by molar-refractivity contribution is 5.20. The summed E-state index contributed by atoms with van der Waals surface area (Å²) in [6.45, 7) is 0. The third-order valence-electron chi connectivity index (χ3n) is 4.70. The van der Waals surface area contributed by atoms with Crippen LogP contribution in [0, 0.1) is 0 Å². The van der Waals surface area contributed by atoms with Crippen molar-refractivity contribution in [2.75, 3.05) is 0 Å². The smallest absolute Gasteiger partial charge is 0.254 e. The van der Waals surface area contributed by atoms with E-state index >= 15 is 0 Å². The first kappa shape index (κ1) is 12.9. The number of nitrogens with one attached hydrogen (secondary N) is 1. The van der Waals surface area contributed by atoms with E-state index in [4.69, 9.17) is 4.98 Å². The van der Waals surface area contributed by atoms with Crippen LogP contribution in [0.2, 0.25) is 0 Å². The van der Waals surface area contributed by atoms with Gasteiger partial charge in [0.25, 0.3) is 5.56 Å². The van der Waals surface area contributed by atoms with Crippen molar-refractivity contribution < 1.29 is 0 Å². The maximum atomic E-state index is 12.3. The number of rotatable bonds is 1. The van der Waals surface area contributed by atoms with Crippen molar-refractivity contribution in [3.8, 4) is 0 Å². The summed E-state index contributed by atoms with van der Waals surface area (Å²) in [5.41, 5.74) is 2.21. The molecule has 3 nitrogen and oxygen atoms in total. The molecular weight excluding hydrogens is 236 g/mol. The van der Waals surface area contributed by atoms with Gasteiger partial charge in [-0.05, 0) is 38.5 Å². The Morgan fingerprint density at radius 1 is 0.895 bits per heavy atom. The fourth-order valence-electron chi connectivity index (χ4n) is 3.55. The van der Waals surface area contributed by atoms with Gasteiger partial charge in [-0.15, -0.1) is 0 Å². The molecule has 1 fully saturated rings. The zero-order chi connectivity index (χ0) is 13.1. The molecule has 1 aromatic rings. The molecule has 3 rings (SSSR count). The van der Waals surface area contributed by atoms with Crippen molar-refractivity contribution in [2.24, 2.45) is 0 Å². The van der Waals surface area contributed by atoms with Crippen LogP contribution in [-0.2, 0) is 12.8 Å². The van der Waals surface area contributed by atoms with E-state index in [1.165, 1.54) is 51.4 Å². The maximum absolute atomic E-state index is 12.3. The molecule has 0 saturated heterocycles. The van der Waals surface area contributed by atoms with Gasteiger partial charge >= 0.3 is 0 Å². The predicted molar refractivity (Wildman–Crippen MR) is 76.6 cm³/mol. The Morgan fingerprint density at radius 2 is 1.58 bits per heavy atom. The van der Waals surface area contributed by atoms with Crippen LogP contribution in [0.5, 0.6) is 0 Å². The van der Waals surface area contributed by atoms with Crippen LogP contribution < -0.4 is 5.56 Å². The van der Waals surface area contributed by atoms with Crippen LogP contribution in [0.1, 0.15) is 80.8 Å². The second kappa shape index (κ2) is 5.89. The Hall–Kier alpha value is -1.12. The third kappa shape index (κ3) is 2.90. The summed E-state index contributed by atoms with van der Waals surface area (Å²) in [4.78, 5) is 20.2. The zero-order valence-electron chi connectivity index (χ0n) is 11.7. The lowest BCUT2D eigenvalue weighted by Gasteiger charge is -2.15. The number of nitrogens with zero attached hydrogens (tertiary/aromatic N) is 1. The molecule has 1 aromatic heterocycles. The van der Waals surface area contributed by atoms with E-state index in [0.717, 1.165) is 36.3 Å². The molecule has 3 heteroatoms. The van der Waals surface area contributed by atoms with E-state index in [1.54, 1.807) is 0 Å². The minimum atomic E-state index is 0.145. The molecule has 0 radical (unpaired) electrons. The Morgan fingerprint density at radius 3 is 2.37 bits per heavy atom. The SMILES string of the molecule is O=c1[nH]c(C2CCCCCC2)nc2c1CCCCC2. The predicted octanol–water partition coefficient (Wildman–Crippen LogP) is 3.48. The molecular formula is C16H24N2O. The monoisotopic (exact) mass is 260 g/mol. The van der Waals surface area contributed by atoms with E-state index in [2.05, 4.69) is 4.98 Å². The molecule has 2 aliphatic carbocycles. The molecule has 0 bridgehead atoms. The summed E-state index contributed by atoms with van der Waals surface area (Å²) in [5.74, 6) is 1.47. The molecule has 0 amide bonds. The minimum Gasteiger partial charge on any atom is -0.310 e. The minimum absolute atomic E-state index is 0.145. The summed E-state index contributed by atoms with van der Waals surface area (Å²) in [6, 6.07) is 0.